The van der Waals surface area contributed by atoms with Gasteiger partial charge in [0.1, 0.15) is 5.75 Å². The largest absolute Gasteiger partial charge is 0.477 e. The molecule has 1 saturated carbocycles. The van der Waals surface area contributed by atoms with Crippen molar-refractivity contribution in [1.82, 2.24) is 0 Å². The minimum absolute atomic E-state index is 0.245. The zero-order chi connectivity index (χ0) is 20.8. The van der Waals surface area contributed by atoms with E-state index in [9.17, 15) is 9.59 Å². The van der Waals surface area contributed by atoms with E-state index in [4.69, 9.17) is 32.7 Å². The van der Waals surface area contributed by atoms with Gasteiger partial charge in [0.2, 0.25) is 0 Å². The molecule has 6 heteroatoms. The van der Waals surface area contributed by atoms with Crippen LogP contribution in [-0.2, 0) is 9.53 Å². The maximum Gasteiger partial charge on any atom is 0.347 e. The summed E-state index contributed by atoms with van der Waals surface area (Å²) in [5.74, 6) is 0.0297. The molecular formula is C23H24Cl2O4. The molecule has 154 valence electrons. The Kier molecular flexibility index (Phi) is 7.57. The van der Waals surface area contributed by atoms with Crippen molar-refractivity contribution in [2.24, 2.45) is 0 Å². The van der Waals surface area contributed by atoms with Gasteiger partial charge in [0.05, 0.1) is 5.02 Å². The predicted octanol–water partition coefficient (Wildman–Crippen LogP) is 6.23. The fourth-order valence-corrected chi connectivity index (χ4v) is 3.98. The number of ketones is 1. The van der Waals surface area contributed by atoms with E-state index < -0.39 is 12.1 Å². The highest BCUT2D eigenvalue weighted by molar-refractivity contribution is 6.35. The summed E-state index contributed by atoms with van der Waals surface area (Å²) in [7, 11) is 0. The minimum atomic E-state index is -0.907. The van der Waals surface area contributed by atoms with Crippen LogP contribution in [0.5, 0.6) is 5.75 Å². The lowest BCUT2D eigenvalue weighted by atomic mass is 9.84. The van der Waals surface area contributed by atoms with Crippen molar-refractivity contribution in [2.75, 3.05) is 6.61 Å². The van der Waals surface area contributed by atoms with Crippen LogP contribution in [0.25, 0.3) is 0 Å². The smallest absolute Gasteiger partial charge is 0.347 e. The number of rotatable bonds is 7. The number of hydrogen-bond donors (Lipinski definition) is 0. The van der Waals surface area contributed by atoms with Crippen molar-refractivity contribution >= 4 is 35.0 Å². The van der Waals surface area contributed by atoms with E-state index in [2.05, 4.69) is 0 Å². The predicted molar refractivity (Wildman–Crippen MR) is 114 cm³/mol. The number of hydrogen-bond acceptors (Lipinski definition) is 4. The Morgan fingerprint density at radius 1 is 1.03 bits per heavy atom. The van der Waals surface area contributed by atoms with Crippen molar-refractivity contribution in [1.29, 1.82) is 0 Å². The Balaban J connectivity index is 1.50. The molecule has 3 rings (SSSR count). The standard InChI is InChI=1S/C23H24Cl2O4/c1-15(29-22-12-11-19(24)13-20(22)25)23(27)28-14-21(26)18-9-7-17(8-10-18)16-5-3-2-4-6-16/h7-13,15-16H,2-6,14H2,1H3. The molecule has 0 bridgehead atoms. The summed E-state index contributed by atoms with van der Waals surface area (Å²) in [5, 5.41) is 0.768. The van der Waals surface area contributed by atoms with E-state index in [1.807, 2.05) is 24.3 Å². The van der Waals surface area contributed by atoms with Gasteiger partial charge in [0, 0.05) is 10.6 Å². The highest BCUT2D eigenvalue weighted by Gasteiger charge is 2.20. The highest BCUT2D eigenvalue weighted by Crippen LogP contribution is 2.32. The average Bonchev–Trinajstić information content (AvgIpc) is 2.74. The van der Waals surface area contributed by atoms with Crippen LogP contribution in [-0.4, -0.2) is 24.5 Å². The van der Waals surface area contributed by atoms with Gasteiger partial charge in [-0.05, 0) is 49.4 Å². The van der Waals surface area contributed by atoms with Gasteiger partial charge in [-0.1, -0.05) is 66.7 Å². The van der Waals surface area contributed by atoms with Crippen molar-refractivity contribution in [3.8, 4) is 5.75 Å². The number of esters is 1. The number of carbonyl (C=O) groups excluding carboxylic acids is 2. The van der Waals surface area contributed by atoms with E-state index in [0.29, 0.717) is 27.3 Å². The zero-order valence-electron chi connectivity index (χ0n) is 16.3. The van der Waals surface area contributed by atoms with Crippen LogP contribution >= 0.6 is 23.2 Å². The molecule has 29 heavy (non-hydrogen) atoms. The molecule has 4 nitrogen and oxygen atoms in total. The molecular weight excluding hydrogens is 411 g/mol. The summed E-state index contributed by atoms with van der Waals surface area (Å²) in [4.78, 5) is 24.5. The summed E-state index contributed by atoms with van der Waals surface area (Å²) in [6, 6.07) is 12.4. The molecule has 0 heterocycles. The summed E-state index contributed by atoms with van der Waals surface area (Å²) < 4.78 is 10.6. The van der Waals surface area contributed by atoms with Crippen molar-refractivity contribution in [2.45, 2.75) is 51.0 Å². The summed E-state index contributed by atoms with van der Waals surface area (Å²) >= 11 is 11.9. The molecule has 2 aromatic rings. The van der Waals surface area contributed by atoms with Crippen LogP contribution in [0.3, 0.4) is 0 Å². The first-order valence-corrected chi connectivity index (χ1v) is 10.6. The van der Waals surface area contributed by atoms with Gasteiger partial charge in [-0.15, -0.1) is 0 Å². The van der Waals surface area contributed by atoms with Gasteiger partial charge in [-0.3, -0.25) is 4.79 Å². The summed E-state index contributed by atoms with van der Waals surface area (Å²) in [6.45, 7) is 1.21. The van der Waals surface area contributed by atoms with Crippen LogP contribution in [0.4, 0.5) is 0 Å². The van der Waals surface area contributed by atoms with Gasteiger partial charge < -0.3 is 9.47 Å². The molecule has 1 aliphatic rings. The maximum atomic E-state index is 12.4. The van der Waals surface area contributed by atoms with E-state index >= 15 is 0 Å². The SMILES string of the molecule is CC(Oc1ccc(Cl)cc1Cl)C(=O)OCC(=O)c1ccc(C2CCCCC2)cc1. The van der Waals surface area contributed by atoms with E-state index in [0.717, 1.165) is 0 Å². The summed E-state index contributed by atoms with van der Waals surface area (Å²) in [6.07, 6.45) is 5.35. The molecule has 1 unspecified atom stereocenters. The van der Waals surface area contributed by atoms with Gasteiger partial charge in [0.25, 0.3) is 0 Å². The second kappa shape index (κ2) is 10.1. The number of carbonyl (C=O) groups is 2. The lowest BCUT2D eigenvalue weighted by molar-refractivity contribution is -0.149. The molecule has 1 atom stereocenters. The monoisotopic (exact) mass is 434 g/mol. The zero-order valence-corrected chi connectivity index (χ0v) is 17.8. The van der Waals surface area contributed by atoms with E-state index in [-0.39, 0.29) is 12.4 Å². The average molecular weight is 435 g/mol. The van der Waals surface area contributed by atoms with Crippen LogP contribution in [0, 0.1) is 0 Å². The van der Waals surface area contributed by atoms with E-state index in [1.165, 1.54) is 50.7 Å². The topological polar surface area (TPSA) is 52.6 Å². The first-order chi connectivity index (χ1) is 13.9. The number of ether oxygens (including phenoxy) is 2. The second-order valence-corrected chi connectivity index (χ2v) is 8.17. The van der Waals surface area contributed by atoms with Gasteiger partial charge in [-0.25, -0.2) is 4.79 Å². The number of benzene rings is 2. The van der Waals surface area contributed by atoms with Gasteiger partial charge >= 0.3 is 5.97 Å². The summed E-state index contributed by atoms with van der Waals surface area (Å²) in [5.41, 5.74) is 1.81. The Hall–Kier alpha value is -2.04. The van der Waals surface area contributed by atoms with Crippen LogP contribution in [0.15, 0.2) is 42.5 Å². The fourth-order valence-electron chi connectivity index (χ4n) is 3.52. The van der Waals surface area contributed by atoms with Crippen molar-refractivity contribution < 1.29 is 19.1 Å². The molecule has 0 aliphatic heterocycles. The molecule has 0 radical (unpaired) electrons. The third-order valence-electron chi connectivity index (χ3n) is 5.18. The first kappa shape index (κ1) is 21.7. The van der Waals surface area contributed by atoms with Crippen molar-refractivity contribution in [3.63, 3.8) is 0 Å². The Morgan fingerprint density at radius 2 is 1.72 bits per heavy atom. The third-order valence-corrected chi connectivity index (χ3v) is 5.71. The van der Waals surface area contributed by atoms with Gasteiger partial charge in [0.15, 0.2) is 18.5 Å². The molecule has 1 fully saturated rings. The molecule has 1 aliphatic carbocycles. The van der Waals surface area contributed by atoms with Crippen LogP contribution in [0.2, 0.25) is 10.0 Å². The Bertz CT molecular complexity index is 858. The maximum absolute atomic E-state index is 12.4. The van der Waals surface area contributed by atoms with Crippen LogP contribution in [0.1, 0.15) is 60.9 Å². The minimum Gasteiger partial charge on any atom is -0.477 e. The molecule has 0 aromatic heterocycles. The molecule has 0 amide bonds. The molecule has 0 spiro atoms. The Morgan fingerprint density at radius 3 is 2.38 bits per heavy atom. The number of halogens is 2. The lowest BCUT2D eigenvalue weighted by Gasteiger charge is -2.22. The van der Waals surface area contributed by atoms with E-state index in [1.54, 1.807) is 12.1 Å². The Labute approximate surface area is 181 Å². The van der Waals surface area contributed by atoms with Crippen molar-refractivity contribution in [3.05, 3.63) is 63.6 Å². The normalized spacial score (nSPS) is 15.6. The van der Waals surface area contributed by atoms with Gasteiger partial charge in [-0.2, -0.15) is 0 Å². The highest BCUT2D eigenvalue weighted by atomic mass is 35.5. The molecule has 0 saturated heterocycles. The first-order valence-electron chi connectivity index (χ1n) is 9.85. The molecule has 0 N–H and O–H groups in total. The second-order valence-electron chi connectivity index (χ2n) is 7.32. The molecule has 2 aromatic carbocycles. The quantitative estimate of drug-likeness (QED) is 0.382. The third kappa shape index (κ3) is 5.97. The van der Waals surface area contributed by atoms with Crippen LogP contribution < -0.4 is 4.74 Å². The fraction of sp³-hybridized carbons (Fsp3) is 0.391. The lowest BCUT2D eigenvalue weighted by Crippen LogP contribution is -2.28. The number of Topliss-reactive ketones (excluding diaryl/α,β-unsaturated/α-hetero) is 1.